The fourth-order valence-electron chi connectivity index (χ4n) is 4.84. The summed E-state index contributed by atoms with van der Waals surface area (Å²) in [5.41, 5.74) is 0.517. The predicted molar refractivity (Wildman–Crippen MR) is 122 cm³/mol. The van der Waals surface area contributed by atoms with Crippen molar-refractivity contribution >= 4 is 17.5 Å². The molecule has 0 amide bonds. The van der Waals surface area contributed by atoms with Gasteiger partial charge in [0.2, 0.25) is 17.7 Å². The van der Waals surface area contributed by atoms with Gasteiger partial charge in [-0.1, -0.05) is 17.7 Å². The first-order valence-electron chi connectivity index (χ1n) is 11.5. The number of aryl methyl sites for hydroxylation is 1. The molecular weight excluding hydrogens is 445 g/mol. The molecule has 0 N–H and O–H groups in total. The highest BCUT2D eigenvalue weighted by Crippen LogP contribution is 2.49. The molecule has 2 atom stereocenters. The Bertz CT molecular complexity index is 1080. The molecule has 174 valence electrons. The van der Waals surface area contributed by atoms with Gasteiger partial charge in [0.15, 0.2) is 0 Å². The molecular formula is C24H27ClFN5O2. The second-order valence-electron chi connectivity index (χ2n) is 8.97. The zero-order valence-electron chi connectivity index (χ0n) is 18.6. The van der Waals surface area contributed by atoms with Crippen LogP contribution in [0.1, 0.15) is 43.0 Å². The van der Waals surface area contributed by atoms with E-state index in [0.717, 1.165) is 37.3 Å². The molecule has 2 aromatic heterocycles. The van der Waals surface area contributed by atoms with E-state index in [2.05, 4.69) is 25.1 Å². The topological polar surface area (TPSA) is 77.2 Å². The number of anilines is 1. The fraction of sp³-hybridized carbons (Fsp3) is 0.500. The van der Waals surface area contributed by atoms with E-state index < -0.39 is 0 Å². The first kappa shape index (κ1) is 22.1. The van der Waals surface area contributed by atoms with Crippen molar-refractivity contribution in [1.82, 2.24) is 20.2 Å². The van der Waals surface area contributed by atoms with Crippen LogP contribution in [-0.4, -0.2) is 39.9 Å². The van der Waals surface area contributed by atoms with E-state index in [4.69, 9.17) is 20.8 Å². The SMILES string of the molecule is Cc1nnc(Cc2ccc(OCC[C@@H]3C[C@@H]3C3CCN(c4ncc(Cl)cn4)CC3)cc2F)o1. The normalized spacial score (nSPS) is 20.8. The third-order valence-corrected chi connectivity index (χ3v) is 6.90. The molecule has 2 fully saturated rings. The molecule has 1 aliphatic carbocycles. The lowest BCUT2D eigenvalue weighted by molar-refractivity contribution is 0.283. The molecule has 0 spiro atoms. The molecule has 2 aliphatic rings. The summed E-state index contributed by atoms with van der Waals surface area (Å²) >= 11 is 5.89. The van der Waals surface area contributed by atoms with Crippen molar-refractivity contribution in [2.75, 3.05) is 24.6 Å². The monoisotopic (exact) mass is 471 g/mol. The molecule has 0 radical (unpaired) electrons. The Kier molecular flexibility index (Phi) is 6.44. The molecule has 7 nitrogen and oxygen atoms in total. The van der Waals surface area contributed by atoms with E-state index >= 15 is 0 Å². The minimum absolute atomic E-state index is 0.277. The Morgan fingerprint density at radius 3 is 2.67 bits per heavy atom. The van der Waals surface area contributed by atoms with Crippen LogP contribution < -0.4 is 9.64 Å². The number of nitrogens with zero attached hydrogens (tertiary/aromatic N) is 5. The largest absolute Gasteiger partial charge is 0.493 e. The zero-order valence-corrected chi connectivity index (χ0v) is 19.3. The summed E-state index contributed by atoms with van der Waals surface area (Å²) in [6, 6.07) is 4.97. The fourth-order valence-corrected chi connectivity index (χ4v) is 4.94. The highest BCUT2D eigenvalue weighted by Gasteiger charge is 2.43. The van der Waals surface area contributed by atoms with Crippen molar-refractivity contribution in [3.63, 3.8) is 0 Å². The van der Waals surface area contributed by atoms with Gasteiger partial charge in [0.1, 0.15) is 11.6 Å². The van der Waals surface area contributed by atoms with Gasteiger partial charge in [-0.3, -0.25) is 0 Å². The van der Waals surface area contributed by atoms with Gasteiger partial charge in [0.05, 0.1) is 30.4 Å². The number of rotatable bonds is 8. The highest BCUT2D eigenvalue weighted by atomic mass is 35.5. The van der Waals surface area contributed by atoms with Crippen LogP contribution in [-0.2, 0) is 6.42 Å². The Balaban J connectivity index is 1.04. The van der Waals surface area contributed by atoms with Crippen molar-refractivity contribution in [3.8, 4) is 5.75 Å². The van der Waals surface area contributed by atoms with Gasteiger partial charge < -0.3 is 14.1 Å². The second kappa shape index (κ2) is 9.63. The molecule has 3 heterocycles. The van der Waals surface area contributed by atoms with E-state index in [1.807, 2.05) is 0 Å². The minimum atomic E-state index is -0.316. The Hall–Kier alpha value is -2.74. The molecule has 1 saturated heterocycles. The van der Waals surface area contributed by atoms with Crippen molar-refractivity contribution in [3.05, 3.63) is 58.8 Å². The summed E-state index contributed by atoms with van der Waals surface area (Å²) in [5, 5.41) is 8.26. The Morgan fingerprint density at radius 2 is 1.97 bits per heavy atom. The van der Waals surface area contributed by atoms with Crippen LogP contribution in [0.4, 0.5) is 10.3 Å². The van der Waals surface area contributed by atoms with E-state index in [1.54, 1.807) is 31.5 Å². The average Bonchev–Trinajstić information content (AvgIpc) is 3.48. The maximum atomic E-state index is 14.4. The van der Waals surface area contributed by atoms with Crippen molar-refractivity contribution in [2.24, 2.45) is 17.8 Å². The lowest BCUT2D eigenvalue weighted by Crippen LogP contribution is -2.35. The highest BCUT2D eigenvalue weighted by molar-refractivity contribution is 6.30. The first-order valence-corrected chi connectivity index (χ1v) is 11.9. The molecule has 0 bridgehead atoms. The molecule has 5 rings (SSSR count). The van der Waals surface area contributed by atoms with Gasteiger partial charge in [0.25, 0.3) is 0 Å². The summed E-state index contributed by atoms with van der Waals surface area (Å²) in [6.07, 6.45) is 8.19. The minimum Gasteiger partial charge on any atom is -0.493 e. The molecule has 1 aliphatic heterocycles. The average molecular weight is 472 g/mol. The van der Waals surface area contributed by atoms with Crippen molar-refractivity contribution < 1.29 is 13.5 Å². The van der Waals surface area contributed by atoms with Gasteiger partial charge >= 0.3 is 0 Å². The van der Waals surface area contributed by atoms with Crippen LogP contribution in [0.15, 0.2) is 35.0 Å². The van der Waals surface area contributed by atoms with Crippen LogP contribution in [0.2, 0.25) is 5.02 Å². The molecule has 3 aromatic rings. The summed E-state index contributed by atoms with van der Waals surface area (Å²) in [6.45, 7) is 4.30. The molecule has 33 heavy (non-hydrogen) atoms. The standard InChI is InChI=1S/C24H27ClFN5O2/c1-15-29-30-23(33-15)11-18-2-3-20(12-22(18)26)32-9-6-17-10-21(17)16-4-7-31(8-5-16)24-27-13-19(25)14-28-24/h2-3,12-14,16-17,21H,4-11H2,1H3/t17-,21-/m1/s1. The molecule has 1 saturated carbocycles. The van der Waals surface area contributed by atoms with E-state index in [0.29, 0.717) is 40.6 Å². The third kappa shape index (κ3) is 5.43. The lowest BCUT2D eigenvalue weighted by atomic mass is 9.90. The number of ether oxygens (including phenoxy) is 1. The first-order chi connectivity index (χ1) is 16.0. The molecule has 9 heteroatoms. The zero-order chi connectivity index (χ0) is 22.8. The number of benzene rings is 1. The third-order valence-electron chi connectivity index (χ3n) is 6.70. The number of hydrogen-bond donors (Lipinski definition) is 0. The van der Waals surface area contributed by atoms with Crippen LogP contribution in [0.25, 0.3) is 0 Å². The maximum absolute atomic E-state index is 14.4. The van der Waals surface area contributed by atoms with Gasteiger partial charge in [0, 0.05) is 26.1 Å². The maximum Gasteiger partial charge on any atom is 0.225 e. The van der Waals surface area contributed by atoms with Gasteiger partial charge in [-0.05, 0) is 55.1 Å². The van der Waals surface area contributed by atoms with Crippen molar-refractivity contribution in [1.29, 1.82) is 0 Å². The van der Waals surface area contributed by atoms with Crippen LogP contribution in [0.5, 0.6) is 5.75 Å². The Morgan fingerprint density at radius 1 is 1.18 bits per heavy atom. The quantitative estimate of drug-likeness (QED) is 0.463. The van der Waals surface area contributed by atoms with Crippen LogP contribution in [0, 0.1) is 30.5 Å². The summed E-state index contributed by atoms with van der Waals surface area (Å²) < 4.78 is 25.6. The van der Waals surface area contributed by atoms with Gasteiger partial charge in [-0.2, -0.15) is 0 Å². The number of halogens is 2. The van der Waals surface area contributed by atoms with Crippen molar-refractivity contribution in [2.45, 2.75) is 39.0 Å². The van der Waals surface area contributed by atoms with Gasteiger partial charge in [-0.15, -0.1) is 10.2 Å². The molecule has 1 aromatic carbocycles. The van der Waals surface area contributed by atoms with Gasteiger partial charge in [-0.25, -0.2) is 14.4 Å². The molecule has 0 unspecified atom stereocenters. The summed E-state index contributed by atoms with van der Waals surface area (Å²) in [5.74, 6) is 4.14. The smallest absolute Gasteiger partial charge is 0.225 e. The number of piperidine rings is 1. The summed E-state index contributed by atoms with van der Waals surface area (Å²) in [4.78, 5) is 10.9. The van der Waals surface area contributed by atoms with E-state index in [9.17, 15) is 4.39 Å². The lowest BCUT2D eigenvalue weighted by Gasteiger charge is -2.32. The van der Waals surface area contributed by atoms with E-state index in [-0.39, 0.29) is 12.2 Å². The van der Waals surface area contributed by atoms with Crippen LogP contribution in [0.3, 0.4) is 0 Å². The van der Waals surface area contributed by atoms with E-state index in [1.165, 1.54) is 25.3 Å². The Labute approximate surface area is 197 Å². The number of aromatic nitrogens is 4. The predicted octanol–water partition coefficient (Wildman–Crippen LogP) is 4.87. The second-order valence-corrected chi connectivity index (χ2v) is 9.40. The van der Waals surface area contributed by atoms with Crippen LogP contribution >= 0.6 is 11.6 Å². The summed E-state index contributed by atoms with van der Waals surface area (Å²) in [7, 11) is 0. The number of hydrogen-bond acceptors (Lipinski definition) is 7.